The van der Waals surface area contributed by atoms with Crippen molar-refractivity contribution >= 4 is 11.9 Å². The number of fused-ring (bicyclic) bond motifs is 1. The summed E-state index contributed by atoms with van der Waals surface area (Å²) in [4.78, 5) is 28.9. The number of amides is 1. The molecule has 5 atom stereocenters. The summed E-state index contributed by atoms with van der Waals surface area (Å²) in [5.74, 6) is -0.203. The summed E-state index contributed by atoms with van der Waals surface area (Å²) in [5, 5.41) is 8.87. The number of likely N-dealkylation sites (tertiary alicyclic amines) is 2. The molecule has 35 heavy (non-hydrogen) atoms. The molecule has 5 rings (SSSR count). The van der Waals surface area contributed by atoms with Gasteiger partial charge in [-0.15, -0.1) is 0 Å². The zero-order valence-corrected chi connectivity index (χ0v) is 20.7. The van der Waals surface area contributed by atoms with E-state index in [1.54, 1.807) is 6.92 Å². The number of carboxylic acids is 1. The number of carboxylic acid groups (broad SMARTS) is 1. The Morgan fingerprint density at radius 2 is 1.69 bits per heavy atom. The number of hydrogen-bond acceptors (Lipinski definition) is 4. The molecule has 0 unspecified atom stereocenters. The van der Waals surface area contributed by atoms with Crippen LogP contribution in [0.4, 0.5) is 0 Å². The first-order valence-corrected chi connectivity index (χ1v) is 12.9. The molecule has 1 aliphatic carbocycles. The van der Waals surface area contributed by atoms with Crippen LogP contribution >= 0.6 is 0 Å². The van der Waals surface area contributed by atoms with Crippen molar-refractivity contribution in [3.63, 3.8) is 0 Å². The second kappa shape index (κ2) is 9.65. The summed E-state index contributed by atoms with van der Waals surface area (Å²) in [5.41, 5.74) is 2.58. The van der Waals surface area contributed by atoms with Gasteiger partial charge in [-0.05, 0) is 48.9 Å². The molecule has 0 aromatic heterocycles. The predicted octanol–water partition coefficient (Wildman–Crippen LogP) is 4.52. The van der Waals surface area contributed by atoms with Gasteiger partial charge in [0.1, 0.15) is 5.75 Å². The normalized spacial score (nSPS) is 30.1. The van der Waals surface area contributed by atoms with Crippen LogP contribution in [0, 0.1) is 5.41 Å². The van der Waals surface area contributed by atoms with E-state index in [0.717, 1.165) is 25.8 Å². The lowest BCUT2D eigenvalue weighted by Crippen LogP contribution is -2.61. The fourth-order valence-corrected chi connectivity index (χ4v) is 7.22. The van der Waals surface area contributed by atoms with Crippen molar-refractivity contribution in [2.24, 2.45) is 5.41 Å². The van der Waals surface area contributed by atoms with Gasteiger partial charge < -0.3 is 14.7 Å². The number of benzene rings is 2. The SMILES string of the molecule is CC(=O)N1[C@H](Cc2ccccc2)[C@@H]2C[C@@]3(C)[C@H](CCCC[C@@H]13)N2Cc1ccc(OCC(=O)O)cc1. The van der Waals surface area contributed by atoms with Gasteiger partial charge in [0.15, 0.2) is 6.61 Å². The number of carbonyl (C=O) groups excluding carboxylic acids is 1. The zero-order chi connectivity index (χ0) is 24.6. The number of carbonyl (C=O) groups is 2. The zero-order valence-electron chi connectivity index (χ0n) is 20.7. The van der Waals surface area contributed by atoms with E-state index in [4.69, 9.17) is 9.84 Å². The van der Waals surface area contributed by atoms with E-state index in [9.17, 15) is 9.59 Å². The second-order valence-electron chi connectivity index (χ2n) is 10.8. The number of hydrogen-bond donors (Lipinski definition) is 1. The van der Waals surface area contributed by atoms with Crippen molar-refractivity contribution in [2.45, 2.75) is 83.1 Å². The third kappa shape index (κ3) is 4.56. The van der Waals surface area contributed by atoms with Crippen LogP contribution in [0.1, 0.15) is 57.1 Å². The lowest BCUT2D eigenvalue weighted by molar-refractivity contribution is -0.141. The van der Waals surface area contributed by atoms with Crippen molar-refractivity contribution in [1.82, 2.24) is 9.80 Å². The number of piperidine rings is 1. The van der Waals surface area contributed by atoms with Gasteiger partial charge in [0.05, 0.1) is 6.04 Å². The smallest absolute Gasteiger partial charge is 0.341 e. The van der Waals surface area contributed by atoms with Crippen LogP contribution in [0.2, 0.25) is 0 Å². The minimum atomic E-state index is -0.978. The molecule has 0 radical (unpaired) electrons. The Hall–Kier alpha value is -2.86. The number of aliphatic carboxylic acids is 1. The first-order valence-electron chi connectivity index (χ1n) is 12.9. The molecule has 6 nitrogen and oxygen atoms in total. The molecular formula is C29H36N2O4. The third-order valence-electron chi connectivity index (χ3n) is 8.64. The standard InChI is InChI=1S/C29H36N2O4/c1-20(32)31-24(16-21-8-4-3-5-9-21)25-17-29(2)26(10-6-7-11-27(29)31)30(25)18-22-12-14-23(15-13-22)35-19-28(33)34/h3-5,8-9,12-15,24-27H,6-7,10-11,16-19H2,1-2H3,(H,33,34)/t24-,25+,26+,27-,29+/m1/s1. The van der Waals surface area contributed by atoms with Crippen molar-refractivity contribution in [3.8, 4) is 5.75 Å². The molecule has 1 amide bonds. The van der Waals surface area contributed by atoms with Crippen molar-refractivity contribution in [1.29, 1.82) is 0 Å². The maximum absolute atomic E-state index is 13.1. The van der Waals surface area contributed by atoms with Crippen LogP contribution in [-0.2, 0) is 22.6 Å². The van der Waals surface area contributed by atoms with Gasteiger partial charge in [-0.3, -0.25) is 9.69 Å². The summed E-state index contributed by atoms with van der Waals surface area (Å²) in [6.45, 7) is 4.68. The van der Waals surface area contributed by atoms with Crippen LogP contribution in [0.3, 0.4) is 0 Å². The summed E-state index contributed by atoms with van der Waals surface area (Å²) in [6, 6.07) is 19.6. The molecule has 186 valence electrons. The molecular weight excluding hydrogens is 440 g/mol. The Morgan fingerprint density at radius 3 is 2.34 bits per heavy atom. The average Bonchev–Trinajstić information content (AvgIpc) is 2.95. The molecule has 2 heterocycles. The number of nitrogens with zero attached hydrogens (tertiary/aromatic N) is 2. The molecule has 6 heteroatoms. The quantitative estimate of drug-likeness (QED) is 0.637. The second-order valence-corrected chi connectivity index (χ2v) is 10.8. The molecule has 1 saturated carbocycles. The molecule has 2 bridgehead atoms. The van der Waals surface area contributed by atoms with E-state index in [1.165, 1.54) is 30.4 Å². The molecule has 3 aliphatic rings. The molecule has 2 aliphatic heterocycles. The molecule has 3 fully saturated rings. The van der Waals surface area contributed by atoms with Crippen LogP contribution in [0.5, 0.6) is 5.75 Å². The minimum absolute atomic E-state index is 0.102. The monoisotopic (exact) mass is 476 g/mol. The first kappa shape index (κ1) is 23.9. The Labute approximate surface area is 207 Å². The Morgan fingerprint density at radius 1 is 1.00 bits per heavy atom. The Balaban J connectivity index is 1.46. The van der Waals surface area contributed by atoms with Gasteiger partial charge in [0, 0.05) is 37.0 Å². The Kier molecular flexibility index (Phi) is 6.58. The number of ether oxygens (including phenoxy) is 1. The van der Waals surface area contributed by atoms with Crippen LogP contribution in [0.15, 0.2) is 54.6 Å². The van der Waals surface area contributed by atoms with Gasteiger partial charge >= 0.3 is 5.97 Å². The van der Waals surface area contributed by atoms with Crippen molar-refractivity contribution < 1.29 is 19.4 Å². The van der Waals surface area contributed by atoms with E-state index in [2.05, 4.69) is 41.0 Å². The third-order valence-corrected chi connectivity index (χ3v) is 8.64. The van der Waals surface area contributed by atoms with Crippen molar-refractivity contribution in [2.75, 3.05) is 6.61 Å². The maximum Gasteiger partial charge on any atom is 0.341 e. The molecule has 1 N–H and O–H groups in total. The van der Waals surface area contributed by atoms with Gasteiger partial charge in [-0.2, -0.15) is 0 Å². The largest absolute Gasteiger partial charge is 0.482 e. The topological polar surface area (TPSA) is 70.1 Å². The van der Waals surface area contributed by atoms with E-state index < -0.39 is 5.97 Å². The van der Waals surface area contributed by atoms with Gasteiger partial charge in [-0.1, -0.05) is 62.2 Å². The summed E-state index contributed by atoms with van der Waals surface area (Å²) in [7, 11) is 0. The van der Waals surface area contributed by atoms with Gasteiger partial charge in [-0.25, -0.2) is 4.79 Å². The average molecular weight is 477 g/mol. The molecule has 0 spiro atoms. The van der Waals surface area contributed by atoms with Crippen LogP contribution in [0.25, 0.3) is 0 Å². The first-order chi connectivity index (χ1) is 16.9. The number of rotatable bonds is 7. The lowest BCUT2D eigenvalue weighted by Gasteiger charge is -2.51. The van der Waals surface area contributed by atoms with Crippen LogP contribution in [-0.4, -0.2) is 57.6 Å². The van der Waals surface area contributed by atoms with E-state index in [0.29, 0.717) is 17.8 Å². The highest BCUT2D eigenvalue weighted by molar-refractivity contribution is 5.74. The summed E-state index contributed by atoms with van der Waals surface area (Å²) in [6.07, 6.45) is 6.65. The van der Waals surface area contributed by atoms with Gasteiger partial charge in [0.25, 0.3) is 0 Å². The minimum Gasteiger partial charge on any atom is -0.482 e. The summed E-state index contributed by atoms with van der Waals surface area (Å²) < 4.78 is 5.33. The molecule has 2 saturated heterocycles. The van der Waals surface area contributed by atoms with Gasteiger partial charge in [0.2, 0.25) is 5.91 Å². The van der Waals surface area contributed by atoms with E-state index >= 15 is 0 Å². The Bertz CT molecular complexity index is 1060. The highest BCUT2D eigenvalue weighted by Gasteiger charge is 2.62. The predicted molar refractivity (Wildman–Crippen MR) is 134 cm³/mol. The fourth-order valence-electron chi connectivity index (χ4n) is 7.22. The maximum atomic E-state index is 13.1. The summed E-state index contributed by atoms with van der Waals surface area (Å²) >= 11 is 0. The molecule has 2 aromatic rings. The lowest BCUT2D eigenvalue weighted by atomic mass is 9.69. The van der Waals surface area contributed by atoms with Crippen molar-refractivity contribution in [3.05, 3.63) is 65.7 Å². The highest BCUT2D eigenvalue weighted by Crippen LogP contribution is 2.56. The fraction of sp³-hybridized carbons (Fsp3) is 0.517. The molecule has 2 aromatic carbocycles. The van der Waals surface area contributed by atoms with E-state index in [1.807, 2.05) is 30.3 Å². The van der Waals surface area contributed by atoms with E-state index in [-0.39, 0.29) is 30.0 Å². The van der Waals surface area contributed by atoms with Crippen LogP contribution < -0.4 is 4.74 Å². The highest BCUT2D eigenvalue weighted by atomic mass is 16.5.